The molecule has 0 spiro atoms. The van der Waals surface area contributed by atoms with Gasteiger partial charge in [0.05, 0.1) is 0 Å². The quantitative estimate of drug-likeness (QED) is 0.893. The molecule has 2 aromatic carbocycles. The molecule has 6 heteroatoms. The van der Waals surface area contributed by atoms with Gasteiger partial charge in [-0.2, -0.15) is 0 Å². The van der Waals surface area contributed by atoms with Crippen molar-refractivity contribution >= 4 is 34.6 Å². The molecule has 2 rings (SSSR count). The van der Waals surface area contributed by atoms with Gasteiger partial charge in [-0.15, -0.1) is 0 Å². The largest absolute Gasteiger partial charge is 0.480 e. The SMILES string of the molecule is NC(=O)SC(C(=O)O)c1ccc(-c2ccc(Cl)cc2)cc1. The van der Waals surface area contributed by atoms with Gasteiger partial charge in [-0.25, -0.2) is 0 Å². The molecule has 0 radical (unpaired) electrons. The van der Waals surface area contributed by atoms with E-state index in [-0.39, 0.29) is 0 Å². The first-order valence-electron chi connectivity index (χ1n) is 6.02. The van der Waals surface area contributed by atoms with Crippen LogP contribution in [0.1, 0.15) is 10.8 Å². The molecule has 0 aliphatic rings. The van der Waals surface area contributed by atoms with E-state index in [2.05, 4.69) is 0 Å². The predicted octanol–water partition coefficient (Wildman–Crippen LogP) is 3.94. The van der Waals surface area contributed by atoms with Crippen LogP contribution >= 0.6 is 23.4 Å². The molecular formula is C15H12ClNO3S. The van der Waals surface area contributed by atoms with E-state index in [4.69, 9.17) is 22.4 Å². The van der Waals surface area contributed by atoms with Gasteiger partial charge in [-0.05, 0) is 40.6 Å². The molecule has 0 saturated carbocycles. The van der Waals surface area contributed by atoms with Crippen molar-refractivity contribution in [3.63, 3.8) is 0 Å². The number of nitrogens with two attached hydrogens (primary N) is 1. The Morgan fingerprint density at radius 2 is 1.48 bits per heavy atom. The van der Waals surface area contributed by atoms with E-state index in [1.165, 1.54) is 0 Å². The lowest BCUT2D eigenvalue weighted by Gasteiger charge is -2.11. The third-order valence-corrected chi connectivity index (χ3v) is 4.04. The van der Waals surface area contributed by atoms with Gasteiger partial charge in [0.1, 0.15) is 5.25 Å². The maximum atomic E-state index is 11.2. The van der Waals surface area contributed by atoms with Crippen LogP contribution in [-0.2, 0) is 4.79 Å². The minimum atomic E-state index is -1.10. The van der Waals surface area contributed by atoms with Crippen molar-refractivity contribution in [2.24, 2.45) is 5.73 Å². The molecule has 1 amide bonds. The van der Waals surface area contributed by atoms with Crippen LogP contribution < -0.4 is 5.73 Å². The van der Waals surface area contributed by atoms with Crippen LogP contribution in [0.25, 0.3) is 11.1 Å². The van der Waals surface area contributed by atoms with Gasteiger partial charge < -0.3 is 10.8 Å². The minimum absolute atomic E-state index is 0.518. The van der Waals surface area contributed by atoms with E-state index in [0.29, 0.717) is 22.3 Å². The van der Waals surface area contributed by atoms with Gasteiger partial charge in [0.25, 0.3) is 5.24 Å². The Hall–Kier alpha value is -1.98. The first kappa shape index (κ1) is 15.4. The van der Waals surface area contributed by atoms with E-state index in [1.807, 2.05) is 12.1 Å². The zero-order valence-corrected chi connectivity index (χ0v) is 12.4. The second kappa shape index (κ2) is 6.65. The summed E-state index contributed by atoms with van der Waals surface area (Å²) in [7, 11) is 0. The summed E-state index contributed by atoms with van der Waals surface area (Å²) in [4.78, 5) is 22.1. The molecule has 1 atom stereocenters. The summed E-state index contributed by atoms with van der Waals surface area (Å²) >= 11 is 6.42. The van der Waals surface area contributed by atoms with E-state index in [9.17, 15) is 9.59 Å². The van der Waals surface area contributed by atoms with Crippen molar-refractivity contribution < 1.29 is 14.7 Å². The fourth-order valence-corrected chi connectivity index (χ4v) is 2.62. The average Bonchev–Trinajstić information content (AvgIpc) is 2.45. The van der Waals surface area contributed by atoms with Gasteiger partial charge in [0, 0.05) is 5.02 Å². The number of rotatable bonds is 4. The predicted molar refractivity (Wildman–Crippen MR) is 84.4 cm³/mol. The minimum Gasteiger partial charge on any atom is -0.480 e. The number of benzene rings is 2. The maximum absolute atomic E-state index is 11.2. The van der Waals surface area contributed by atoms with Crippen LogP contribution in [0.3, 0.4) is 0 Å². The standard InChI is InChI=1S/C15H12ClNO3S/c16-12-7-5-10(6-8-12)9-1-3-11(4-2-9)13(14(18)19)21-15(17)20/h1-8,13H,(H2,17,20)(H,18,19). The summed E-state index contributed by atoms with van der Waals surface area (Å²) in [6.45, 7) is 0. The number of aliphatic carboxylic acids is 1. The Labute approximate surface area is 130 Å². The summed E-state index contributed by atoms with van der Waals surface area (Å²) in [6, 6.07) is 14.3. The highest BCUT2D eigenvalue weighted by molar-refractivity contribution is 8.14. The zero-order chi connectivity index (χ0) is 15.4. The van der Waals surface area contributed by atoms with E-state index in [1.54, 1.807) is 36.4 Å². The molecule has 4 nitrogen and oxygen atoms in total. The molecule has 1 unspecified atom stereocenters. The fourth-order valence-electron chi connectivity index (χ4n) is 1.87. The number of hydrogen-bond donors (Lipinski definition) is 2. The van der Waals surface area contributed by atoms with Crippen molar-refractivity contribution in [3.05, 3.63) is 59.1 Å². The van der Waals surface area contributed by atoms with Gasteiger partial charge in [0.15, 0.2) is 0 Å². The van der Waals surface area contributed by atoms with Crippen LogP contribution in [0.5, 0.6) is 0 Å². The molecule has 0 aromatic heterocycles. The Morgan fingerprint density at radius 3 is 1.90 bits per heavy atom. The zero-order valence-electron chi connectivity index (χ0n) is 10.8. The topological polar surface area (TPSA) is 80.4 Å². The average molecular weight is 322 g/mol. The second-order valence-electron chi connectivity index (χ2n) is 4.28. The highest BCUT2D eigenvalue weighted by Crippen LogP contribution is 2.31. The number of thioether (sulfide) groups is 1. The molecule has 0 bridgehead atoms. The van der Waals surface area contributed by atoms with Crippen molar-refractivity contribution in [1.82, 2.24) is 0 Å². The van der Waals surface area contributed by atoms with Gasteiger partial charge >= 0.3 is 5.97 Å². The molecule has 21 heavy (non-hydrogen) atoms. The van der Waals surface area contributed by atoms with Gasteiger partial charge in [-0.1, -0.05) is 48.0 Å². The molecule has 3 N–H and O–H groups in total. The summed E-state index contributed by atoms with van der Waals surface area (Å²) in [5, 5.41) is 8.08. The molecule has 2 aromatic rings. The first-order valence-corrected chi connectivity index (χ1v) is 7.28. The molecular weight excluding hydrogens is 310 g/mol. The summed E-state index contributed by atoms with van der Waals surface area (Å²) in [5.74, 6) is -1.10. The van der Waals surface area contributed by atoms with Crippen LogP contribution in [0.2, 0.25) is 5.02 Å². The monoisotopic (exact) mass is 321 g/mol. The molecule has 0 aliphatic carbocycles. The van der Waals surface area contributed by atoms with Crippen molar-refractivity contribution in [3.8, 4) is 11.1 Å². The van der Waals surface area contributed by atoms with Crippen molar-refractivity contribution in [2.45, 2.75) is 5.25 Å². The lowest BCUT2D eigenvalue weighted by atomic mass is 10.0. The van der Waals surface area contributed by atoms with Gasteiger partial charge in [0.2, 0.25) is 0 Å². The van der Waals surface area contributed by atoms with E-state index >= 15 is 0 Å². The first-order chi connectivity index (χ1) is 9.97. The van der Waals surface area contributed by atoms with E-state index in [0.717, 1.165) is 11.1 Å². The second-order valence-corrected chi connectivity index (χ2v) is 5.83. The van der Waals surface area contributed by atoms with Crippen molar-refractivity contribution in [1.29, 1.82) is 0 Å². The molecule has 0 aliphatic heterocycles. The number of amides is 1. The Kier molecular flexibility index (Phi) is 4.88. The maximum Gasteiger partial charge on any atom is 0.321 e. The number of carboxylic acids is 1. The summed E-state index contributed by atoms with van der Waals surface area (Å²) in [5.41, 5.74) is 7.48. The molecule has 0 fully saturated rings. The van der Waals surface area contributed by atoms with Crippen LogP contribution in [0, 0.1) is 0 Å². The normalized spacial score (nSPS) is 11.9. The Morgan fingerprint density at radius 1 is 1.00 bits per heavy atom. The Bertz CT molecular complexity index is 656. The summed E-state index contributed by atoms with van der Waals surface area (Å²) < 4.78 is 0. The number of carbonyl (C=O) groups excluding carboxylic acids is 1. The number of carbonyl (C=O) groups is 2. The smallest absolute Gasteiger partial charge is 0.321 e. The fraction of sp³-hybridized carbons (Fsp3) is 0.0667. The molecule has 0 heterocycles. The number of halogens is 1. The molecule has 0 saturated heterocycles. The number of hydrogen-bond acceptors (Lipinski definition) is 3. The van der Waals surface area contributed by atoms with Crippen LogP contribution in [-0.4, -0.2) is 16.3 Å². The number of primary amides is 1. The lowest BCUT2D eigenvalue weighted by molar-refractivity contribution is -0.136. The van der Waals surface area contributed by atoms with Crippen molar-refractivity contribution in [2.75, 3.05) is 0 Å². The van der Waals surface area contributed by atoms with Gasteiger partial charge in [-0.3, -0.25) is 9.59 Å². The van der Waals surface area contributed by atoms with E-state index < -0.39 is 16.5 Å². The third-order valence-electron chi connectivity index (χ3n) is 2.85. The third kappa shape index (κ3) is 4.00. The Balaban J connectivity index is 2.26. The van der Waals surface area contributed by atoms with Crippen LogP contribution in [0.15, 0.2) is 48.5 Å². The lowest BCUT2D eigenvalue weighted by Crippen LogP contribution is -2.13. The highest BCUT2D eigenvalue weighted by Gasteiger charge is 2.22. The number of carboxylic acid groups (broad SMARTS) is 1. The van der Waals surface area contributed by atoms with Crippen LogP contribution in [0.4, 0.5) is 4.79 Å². The highest BCUT2D eigenvalue weighted by atomic mass is 35.5. The molecule has 108 valence electrons. The summed E-state index contributed by atoms with van der Waals surface area (Å²) in [6.07, 6.45) is 0.